The molecule has 1 heterocycles. The van der Waals surface area contributed by atoms with E-state index in [1.54, 1.807) is 0 Å². The van der Waals surface area contributed by atoms with Gasteiger partial charge in [-0.3, -0.25) is 5.10 Å². The Balaban J connectivity index is 1.53. The number of aromatic nitrogens is 2. The monoisotopic (exact) mass is 349 g/mol. The average Bonchev–Trinajstić information content (AvgIpc) is 3.11. The lowest BCUT2D eigenvalue weighted by Crippen LogP contribution is -2.26. The van der Waals surface area contributed by atoms with Gasteiger partial charge >= 0.3 is 0 Å². The van der Waals surface area contributed by atoms with E-state index >= 15 is 0 Å². The first kappa shape index (κ1) is 18.4. The van der Waals surface area contributed by atoms with Crippen LogP contribution >= 0.6 is 0 Å². The van der Waals surface area contributed by atoms with E-state index in [2.05, 4.69) is 70.7 Å². The van der Waals surface area contributed by atoms with Gasteiger partial charge in [-0.2, -0.15) is 5.10 Å². The lowest BCUT2D eigenvalue weighted by molar-refractivity contribution is 0.0625. The van der Waals surface area contributed by atoms with E-state index in [1.807, 2.05) is 25.1 Å². The molecule has 0 bridgehead atoms. The molecule has 3 rings (SSSR count). The van der Waals surface area contributed by atoms with Crippen LogP contribution in [0.2, 0.25) is 0 Å². The summed E-state index contributed by atoms with van der Waals surface area (Å²) in [6, 6.07) is 22.9. The molecule has 1 aromatic heterocycles. The first-order valence-corrected chi connectivity index (χ1v) is 9.13. The van der Waals surface area contributed by atoms with Crippen LogP contribution in [0.1, 0.15) is 28.6 Å². The van der Waals surface area contributed by atoms with Crippen molar-refractivity contribution in [2.45, 2.75) is 19.4 Å². The topological polar surface area (TPSA) is 41.1 Å². The quantitative estimate of drug-likeness (QED) is 0.635. The van der Waals surface area contributed by atoms with Crippen molar-refractivity contribution in [3.8, 4) is 0 Å². The number of nitrogens with zero attached hydrogens (tertiary/aromatic N) is 2. The van der Waals surface area contributed by atoms with E-state index in [0.29, 0.717) is 6.61 Å². The fourth-order valence-corrected chi connectivity index (χ4v) is 2.96. The van der Waals surface area contributed by atoms with Crippen molar-refractivity contribution in [2.75, 3.05) is 26.7 Å². The summed E-state index contributed by atoms with van der Waals surface area (Å²) in [6.07, 6.45) is 0.918. The predicted molar refractivity (Wildman–Crippen MR) is 105 cm³/mol. The summed E-state index contributed by atoms with van der Waals surface area (Å²) in [5.74, 6) is 0. The van der Waals surface area contributed by atoms with Crippen molar-refractivity contribution in [1.29, 1.82) is 0 Å². The number of aromatic amines is 1. The highest BCUT2D eigenvalue weighted by molar-refractivity contribution is 5.26. The highest BCUT2D eigenvalue weighted by atomic mass is 16.5. The molecule has 0 amide bonds. The summed E-state index contributed by atoms with van der Waals surface area (Å²) >= 11 is 0. The van der Waals surface area contributed by atoms with Gasteiger partial charge < -0.3 is 9.64 Å². The van der Waals surface area contributed by atoms with Gasteiger partial charge in [0.1, 0.15) is 6.10 Å². The fraction of sp³-hybridized carbons (Fsp3) is 0.318. The maximum Gasteiger partial charge on any atom is 0.126 e. The molecule has 3 aromatic rings. The second-order valence-corrected chi connectivity index (χ2v) is 6.68. The van der Waals surface area contributed by atoms with Crippen LogP contribution in [0.3, 0.4) is 0 Å². The molecule has 2 aromatic carbocycles. The maximum absolute atomic E-state index is 6.23. The summed E-state index contributed by atoms with van der Waals surface area (Å²) in [7, 11) is 2.14. The highest BCUT2D eigenvalue weighted by Crippen LogP contribution is 2.24. The molecule has 0 saturated heterocycles. The standard InChI is InChI=1S/C22H27N3O/c1-18-17-21(24-23-18)22(20-11-7-4-8-12-20)26-16-15-25(2)14-13-19-9-5-3-6-10-19/h3-12,17,22H,13-16H2,1-2H3,(H,23,24)/t22-/m0/s1. The average molecular weight is 349 g/mol. The summed E-state index contributed by atoms with van der Waals surface area (Å²) in [5.41, 5.74) is 4.48. The van der Waals surface area contributed by atoms with E-state index in [1.165, 1.54) is 5.56 Å². The predicted octanol–water partition coefficient (Wildman–Crippen LogP) is 4.00. The molecule has 0 unspecified atom stereocenters. The summed E-state index contributed by atoms with van der Waals surface area (Å²) in [4.78, 5) is 2.31. The van der Waals surface area contributed by atoms with E-state index < -0.39 is 0 Å². The molecular formula is C22H27N3O. The number of hydrogen-bond donors (Lipinski definition) is 1. The maximum atomic E-state index is 6.23. The number of likely N-dealkylation sites (N-methyl/N-ethyl adjacent to an activating group) is 1. The molecule has 4 heteroatoms. The number of aryl methyl sites for hydroxylation is 1. The van der Waals surface area contributed by atoms with Gasteiger partial charge in [-0.25, -0.2) is 0 Å². The minimum absolute atomic E-state index is 0.135. The van der Waals surface area contributed by atoms with Crippen LogP contribution in [0.15, 0.2) is 66.7 Å². The normalized spacial score (nSPS) is 12.4. The van der Waals surface area contributed by atoms with Crippen molar-refractivity contribution in [3.05, 3.63) is 89.2 Å². The molecular weight excluding hydrogens is 322 g/mol. The molecule has 136 valence electrons. The van der Waals surface area contributed by atoms with Crippen LogP contribution in [0, 0.1) is 6.92 Å². The summed E-state index contributed by atoms with van der Waals surface area (Å²) in [5, 5.41) is 7.42. The summed E-state index contributed by atoms with van der Waals surface area (Å²) < 4.78 is 6.23. The molecule has 0 fully saturated rings. The Morgan fingerprint density at radius 2 is 1.69 bits per heavy atom. The Hall–Kier alpha value is -2.43. The third-order valence-electron chi connectivity index (χ3n) is 4.48. The molecule has 0 spiro atoms. The van der Waals surface area contributed by atoms with E-state index in [-0.39, 0.29) is 6.10 Å². The minimum Gasteiger partial charge on any atom is -0.366 e. The zero-order chi connectivity index (χ0) is 18.2. The third-order valence-corrected chi connectivity index (χ3v) is 4.48. The molecule has 0 aliphatic carbocycles. The van der Waals surface area contributed by atoms with Gasteiger partial charge in [0.15, 0.2) is 0 Å². The van der Waals surface area contributed by atoms with Crippen molar-refractivity contribution >= 4 is 0 Å². The van der Waals surface area contributed by atoms with Gasteiger partial charge in [-0.05, 0) is 37.6 Å². The van der Waals surface area contributed by atoms with Gasteiger partial charge in [0.2, 0.25) is 0 Å². The van der Waals surface area contributed by atoms with Crippen LogP contribution in [0.25, 0.3) is 0 Å². The Bertz CT molecular complexity index is 770. The van der Waals surface area contributed by atoms with Crippen molar-refractivity contribution in [1.82, 2.24) is 15.1 Å². The molecule has 26 heavy (non-hydrogen) atoms. The molecule has 0 saturated carbocycles. The first-order valence-electron chi connectivity index (χ1n) is 9.13. The van der Waals surface area contributed by atoms with Crippen LogP contribution in [-0.4, -0.2) is 41.8 Å². The molecule has 0 aliphatic heterocycles. The largest absolute Gasteiger partial charge is 0.366 e. The zero-order valence-corrected chi connectivity index (χ0v) is 15.6. The van der Waals surface area contributed by atoms with Gasteiger partial charge in [0.25, 0.3) is 0 Å². The fourth-order valence-electron chi connectivity index (χ4n) is 2.96. The number of benzene rings is 2. The highest BCUT2D eigenvalue weighted by Gasteiger charge is 2.17. The zero-order valence-electron chi connectivity index (χ0n) is 15.6. The Morgan fingerprint density at radius 1 is 1.00 bits per heavy atom. The van der Waals surface area contributed by atoms with Crippen LogP contribution in [0.5, 0.6) is 0 Å². The van der Waals surface area contributed by atoms with Crippen molar-refractivity contribution in [2.24, 2.45) is 0 Å². The lowest BCUT2D eigenvalue weighted by atomic mass is 10.1. The second kappa shape index (κ2) is 9.32. The van der Waals surface area contributed by atoms with Crippen molar-refractivity contribution in [3.63, 3.8) is 0 Å². The lowest BCUT2D eigenvalue weighted by Gasteiger charge is -2.20. The van der Waals surface area contributed by atoms with E-state index in [4.69, 9.17) is 4.74 Å². The van der Waals surface area contributed by atoms with Crippen LogP contribution in [-0.2, 0) is 11.2 Å². The SMILES string of the molecule is Cc1cc([C@@H](OCCN(C)CCc2ccccc2)c2ccccc2)n[nH]1. The van der Waals surface area contributed by atoms with Gasteiger partial charge in [0.05, 0.1) is 12.3 Å². The van der Waals surface area contributed by atoms with E-state index in [0.717, 1.165) is 36.5 Å². The van der Waals surface area contributed by atoms with Gasteiger partial charge in [-0.15, -0.1) is 0 Å². The molecule has 0 aliphatic rings. The van der Waals surface area contributed by atoms with Gasteiger partial charge in [-0.1, -0.05) is 60.7 Å². The number of ether oxygens (including phenoxy) is 1. The van der Waals surface area contributed by atoms with Crippen LogP contribution in [0.4, 0.5) is 0 Å². The molecule has 1 N–H and O–H groups in total. The van der Waals surface area contributed by atoms with Crippen molar-refractivity contribution < 1.29 is 4.74 Å². The number of H-pyrrole nitrogens is 1. The van der Waals surface area contributed by atoms with Crippen LogP contribution < -0.4 is 0 Å². The van der Waals surface area contributed by atoms with Gasteiger partial charge in [0, 0.05) is 18.8 Å². The molecule has 4 nitrogen and oxygen atoms in total. The molecule has 0 radical (unpaired) electrons. The van der Waals surface area contributed by atoms with E-state index in [9.17, 15) is 0 Å². The molecule has 1 atom stereocenters. The number of hydrogen-bond acceptors (Lipinski definition) is 3. The third kappa shape index (κ3) is 5.28. The Morgan fingerprint density at radius 3 is 2.35 bits per heavy atom. The first-order chi connectivity index (χ1) is 12.7. The Labute approximate surface area is 155 Å². The number of nitrogens with one attached hydrogen (secondary N) is 1. The summed E-state index contributed by atoms with van der Waals surface area (Å²) in [6.45, 7) is 4.58. The number of rotatable bonds is 9. The second-order valence-electron chi connectivity index (χ2n) is 6.68. The smallest absolute Gasteiger partial charge is 0.126 e. The Kier molecular flexibility index (Phi) is 6.58. The minimum atomic E-state index is -0.135.